The van der Waals surface area contributed by atoms with Crippen LogP contribution in [0.25, 0.3) is 32.7 Å². The molecule has 0 saturated heterocycles. The van der Waals surface area contributed by atoms with Crippen LogP contribution in [0, 0.1) is 25.2 Å². The van der Waals surface area contributed by atoms with Crippen LogP contribution in [0.3, 0.4) is 0 Å². The van der Waals surface area contributed by atoms with Crippen molar-refractivity contribution < 1.29 is 19.4 Å². The van der Waals surface area contributed by atoms with Gasteiger partial charge in [0.2, 0.25) is 0 Å². The number of carboxylic acid groups (broad SMARTS) is 1. The Morgan fingerprint density at radius 3 is 2.54 bits per heavy atom. The largest absolute Gasteiger partial charge is 0.496 e. The Balaban J connectivity index is 1.47. The van der Waals surface area contributed by atoms with E-state index in [4.69, 9.17) is 4.74 Å². The van der Waals surface area contributed by atoms with Crippen LogP contribution in [0.1, 0.15) is 37.5 Å². The predicted octanol–water partition coefficient (Wildman–Crippen LogP) is 5.87. The zero-order valence-electron chi connectivity index (χ0n) is 21.1. The van der Waals surface area contributed by atoms with Crippen molar-refractivity contribution >= 4 is 38.7 Å². The van der Waals surface area contributed by atoms with Crippen LogP contribution in [0.4, 0.5) is 5.13 Å². The third kappa shape index (κ3) is 5.03. The fourth-order valence-electron chi connectivity index (χ4n) is 4.21. The Hall–Kier alpha value is -5.14. The molecule has 0 radical (unpaired) electrons. The minimum absolute atomic E-state index is 0.240. The van der Waals surface area contributed by atoms with Crippen LogP contribution in [-0.4, -0.2) is 39.0 Å². The first-order valence-corrected chi connectivity index (χ1v) is 12.6. The Morgan fingerprint density at radius 1 is 1.00 bits per heavy atom. The topological polar surface area (TPSA) is 138 Å². The number of amides is 1. The minimum atomic E-state index is -0.978. The average molecular weight is 536 g/mol. The van der Waals surface area contributed by atoms with Gasteiger partial charge in [0.25, 0.3) is 5.91 Å². The zero-order chi connectivity index (χ0) is 27.7. The number of rotatable bonds is 6. The molecule has 0 aliphatic heterocycles. The average Bonchev–Trinajstić information content (AvgIpc) is 3.33. The Bertz CT molecular complexity index is 1820. The number of ether oxygens (including phenoxy) is 1. The van der Waals surface area contributed by atoms with Crippen LogP contribution in [0.5, 0.6) is 5.75 Å². The molecule has 10 heteroatoms. The molecule has 5 rings (SSSR count). The molecule has 3 aromatic heterocycles. The van der Waals surface area contributed by atoms with Crippen molar-refractivity contribution in [1.82, 2.24) is 15.0 Å². The normalized spacial score (nSPS) is 10.7. The summed E-state index contributed by atoms with van der Waals surface area (Å²) < 4.78 is 5.50. The van der Waals surface area contributed by atoms with Crippen LogP contribution in [0.15, 0.2) is 60.8 Å². The molecular formula is C29H21N5O4S. The summed E-state index contributed by atoms with van der Waals surface area (Å²) in [4.78, 5) is 38.9. The van der Waals surface area contributed by atoms with Gasteiger partial charge >= 0.3 is 5.97 Å². The lowest BCUT2D eigenvalue weighted by Crippen LogP contribution is -2.14. The summed E-state index contributed by atoms with van der Waals surface area (Å²) in [7, 11) is 1.53. The van der Waals surface area contributed by atoms with Crippen molar-refractivity contribution in [3.05, 3.63) is 88.7 Å². The molecule has 1 amide bonds. The van der Waals surface area contributed by atoms with E-state index in [1.807, 2.05) is 6.92 Å². The van der Waals surface area contributed by atoms with Crippen molar-refractivity contribution in [3.63, 3.8) is 0 Å². The summed E-state index contributed by atoms with van der Waals surface area (Å²) in [6.45, 7) is 3.56. The number of nitrogens with zero attached hydrogens (tertiary/aromatic N) is 4. The molecule has 0 bridgehead atoms. The van der Waals surface area contributed by atoms with Gasteiger partial charge in [0.1, 0.15) is 16.1 Å². The monoisotopic (exact) mass is 535 g/mol. The van der Waals surface area contributed by atoms with E-state index in [0.717, 1.165) is 5.56 Å². The van der Waals surface area contributed by atoms with Gasteiger partial charge in [-0.05, 0) is 67.9 Å². The van der Waals surface area contributed by atoms with Gasteiger partial charge in [0.05, 0.1) is 35.6 Å². The summed E-state index contributed by atoms with van der Waals surface area (Å²) in [5, 5.41) is 21.9. The summed E-state index contributed by atoms with van der Waals surface area (Å²) in [6.07, 6.45) is 1.49. The summed E-state index contributed by atoms with van der Waals surface area (Å²) in [6, 6.07) is 17.6. The maximum atomic E-state index is 13.4. The van der Waals surface area contributed by atoms with Crippen molar-refractivity contribution in [3.8, 4) is 34.2 Å². The van der Waals surface area contributed by atoms with Crippen molar-refractivity contribution in [2.24, 2.45) is 0 Å². The van der Waals surface area contributed by atoms with E-state index in [9.17, 15) is 20.0 Å². The molecule has 0 atom stereocenters. The number of nitrogens with one attached hydrogen (secondary N) is 1. The summed E-state index contributed by atoms with van der Waals surface area (Å²) in [5.74, 6) is -0.869. The third-order valence-electron chi connectivity index (χ3n) is 6.13. The fraction of sp³-hybridized carbons (Fsp3) is 0.103. The Morgan fingerprint density at radius 2 is 1.82 bits per heavy atom. The third-order valence-corrected chi connectivity index (χ3v) is 7.01. The number of thiazole rings is 1. The van der Waals surface area contributed by atoms with Crippen LogP contribution < -0.4 is 10.1 Å². The summed E-state index contributed by atoms with van der Waals surface area (Å²) >= 11 is 1.22. The molecule has 0 aliphatic rings. The fourth-order valence-corrected chi connectivity index (χ4v) is 5.04. The second-order valence-corrected chi connectivity index (χ2v) is 9.70. The van der Waals surface area contributed by atoms with Gasteiger partial charge in [0.15, 0.2) is 5.13 Å². The van der Waals surface area contributed by atoms with Crippen LogP contribution in [-0.2, 0) is 0 Å². The van der Waals surface area contributed by atoms with Gasteiger partial charge in [-0.2, -0.15) is 5.26 Å². The first-order chi connectivity index (χ1) is 18.8. The molecule has 0 unspecified atom stereocenters. The van der Waals surface area contributed by atoms with E-state index in [0.29, 0.717) is 60.4 Å². The highest BCUT2D eigenvalue weighted by Gasteiger charge is 2.19. The van der Waals surface area contributed by atoms with Gasteiger partial charge in [0, 0.05) is 28.6 Å². The number of hydrogen-bond donors (Lipinski definition) is 2. The lowest BCUT2D eigenvalue weighted by Gasteiger charge is -2.13. The summed E-state index contributed by atoms with van der Waals surface area (Å²) in [5.41, 5.74) is 5.56. The maximum absolute atomic E-state index is 13.4. The smallest absolute Gasteiger partial charge is 0.335 e. The molecule has 2 N–H and O–H groups in total. The second kappa shape index (κ2) is 10.3. The Kier molecular flexibility index (Phi) is 6.75. The molecule has 0 saturated carbocycles. The molecule has 39 heavy (non-hydrogen) atoms. The highest BCUT2D eigenvalue weighted by atomic mass is 32.1. The standard InChI is InChI=1S/C29H21N5O4S/c1-15-10-18(5-6-19(15)28(36)37)23-7-8-24-27(32-23)39-29(33-24)34-26(35)22-14-31-16(2)11-20(22)21-12-17(13-30)4-9-25(21)38-3/h4-12,14H,1-3H3,(H,36,37)(H,33,34,35). The number of carbonyl (C=O) groups is 2. The number of carboxylic acids is 1. The highest BCUT2D eigenvalue weighted by molar-refractivity contribution is 7.22. The van der Waals surface area contributed by atoms with Crippen LogP contribution >= 0.6 is 11.3 Å². The van der Waals surface area contributed by atoms with Crippen molar-refractivity contribution in [1.29, 1.82) is 5.26 Å². The molecule has 0 aliphatic carbocycles. The van der Waals surface area contributed by atoms with E-state index in [2.05, 4.69) is 26.3 Å². The minimum Gasteiger partial charge on any atom is -0.496 e. The SMILES string of the molecule is COc1ccc(C#N)cc1-c1cc(C)ncc1C(=O)Nc1nc2ccc(-c3ccc(C(=O)O)c(C)c3)nc2s1. The number of methoxy groups -OCH3 is 1. The highest BCUT2D eigenvalue weighted by Crippen LogP contribution is 2.35. The number of carbonyl (C=O) groups excluding carboxylic acids is 1. The molecule has 192 valence electrons. The molecule has 3 heterocycles. The maximum Gasteiger partial charge on any atom is 0.335 e. The number of anilines is 1. The first kappa shape index (κ1) is 25.5. The van der Waals surface area contributed by atoms with E-state index >= 15 is 0 Å². The van der Waals surface area contributed by atoms with E-state index in [1.54, 1.807) is 61.5 Å². The molecular weight excluding hydrogens is 514 g/mol. The quantitative estimate of drug-likeness (QED) is 0.275. The number of aromatic carboxylic acids is 1. The van der Waals surface area contributed by atoms with E-state index in [-0.39, 0.29) is 5.56 Å². The Labute approximate surface area is 227 Å². The number of nitriles is 1. The van der Waals surface area contributed by atoms with Gasteiger partial charge < -0.3 is 9.84 Å². The lowest BCUT2D eigenvalue weighted by molar-refractivity contribution is 0.0696. The van der Waals surface area contributed by atoms with Gasteiger partial charge in [-0.25, -0.2) is 14.8 Å². The molecule has 0 spiro atoms. The number of aryl methyl sites for hydroxylation is 2. The number of benzene rings is 2. The lowest BCUT2D eigenvalue weighted by atomic mass is 9.97. The number of hydrogen-bond acceptors (Lipinski definition) is 8. The van der Waals surface area contributed by atoms with Gasteiger partial charge in [-0.3, -0.25) is 15.1 Å². The van der Waals surface area contributed by atoms with Gasteiger partial charge in [-0.15, -0.1) is 0 Å². The second-order valence-electron chi connectivity index (χ2n) is 8.73. The van der Waals surface area contributed by atoms with Gasteiger partial charge in [-0.1, -0.05) is 17.4 Å². The molecule has 9 nitrogen and oxygen atoms in total. The zero-order valence-corrected chi connectivity index (χ0v) is 22.0. The number of pyridine rings is 2. The van der Waals surface area contributed by atoms with E-state index in [1.165, 1.54) is 24.6 Å². The number of aromatic nitrogens is 3. The van der Waals surface area contributed by atoms with Crippen molar-refractivity contribution in [2.75, 3.05) is 12.4 Å². The first-order valence-electron chi connectivity index (χ1n) is 11.8. The van der Waals surface area contributed by atoms with Crippen LogP contribution in [0.2, 0.25) is 0 Å². The number of fused-ring (bicyclic) bond motifs is 1. The van der Waals surface area contributed by atoms with Crippen molar-refractivity contribution in [2.45, 2.75) is 13.8 Å². The molecule has 2 aromatic carbocycles. The van der Waals surface area contributed by atoms with E-state index < -0.39 is 11.9 Å². The molecule has 5 aromatic rings. The molecule has 0 fully saturated rings. The predicted molar refractivity (Wildman–Crippen MR) is 148 cm³/mol.